The third-order valence-corrected chi connectivity index (χ3v) is 4.26. The van der Waals surface area contributed by atoms with E-state index in [9.17, 15) is 4.79 Å². The first kappa shape index (κ1) is 16.7. The smallest absolute Gasteiger partial charge is 0.237 e. The number of carbonyl (C=O) groups excluding carboxylic acids is 1. The minimum Gasteiger partial charge on any atom is -0.497 e. The second kappa shape index (κ2) is 6.90. The van der Waals surface area contributed by atoms with Crippen LogP contribution in [0, 0.1) is 5.41 Å². The maximum Gasteiger partial charge on any atom is 0.237 e. The van der Waals surface area contributed by atoms with Gasteiger partial charge in [0, 0.05) is 6.07 Å². The molecule has 0 saturated carbocycles. The van der Waals surface area contributed by atoms with Crippen LogP contribution in [0.2, 0.25) is 5.02 Å². The third-order valence-electron chi connectivity index (χ3n) is 3.54. The first-order valence-electron chi connectivity index (χ1n) is 6.36. The van der Waals surface area contributed by atoms with Crippen LogP contribution in [0.1, 0.15) is 26.7 Å². The van der Waals surface area contributed by atoms with E-state index in [0.717, 1.165) is 0 Å². The summed E-state index contributed by atoms with van der Waals surface area (Å²) in [5.74, 6) is 0.365. The Balaban J connectivity index is 3.08. The fourth-order valence-corrected chi connectivity index (χ4v) is 2.55. The molecular formula is C14H19ClN2O2S. The second-order valence-corrected chi connectivity index (χ2v) is 5.30. The lowest BCUT2D eigenvalue weighted by Crippen LogP contribution is -2.45. The van der Waals surface area contributed by atoms with Crippen LogP contribution in [0.15, 0.2) is 18.2 Å². The molecule has 1 aromatic rings. The molecule has 0 spiro atoms. The van der Waals surface area contributed by atoms with Gasteiger partial charge in [0.1, 0.15) is 5.75 Å². The number of ether oxygens (including phenoxy) is 1. The van der Waals surface area contributed by atoms with Crippen molar-refractivity contribution in [2.75, 3.05) is 12.4 Å². The molecule has 0 bridgehead atoms. The maximum atomic E-state index is 12.5. The van der Waals surface area contributed by atoms with Gasteiger partial charge in [-0.15, -0.1) is 0 Å². The monoisotopic (exact) mass is 314 g/mol. The molecule has 0 aliphatic carbocycles. The predicted molar refractivity (Wildman–Crippen MR) is 86.4 cm³/mol. The van der Waals surface area contributed by atoms with E-state index in [1.165, 1.54) is 0 Å². The number of carbonyl (C=O) groups is 1. The molecule has 110 valence electrons. The van der Waals surface area contributed by atoms with Gasteiger partial charge in [-0.3, -0.25) is 4.79 Å². The lowest BCUT2D eigenvalue weighted by molar-refractivity contribution is -0.122. The molecule has 1 aromatic carbocycles. The molecule has 6 heteroatoms. The molecule has 1 rings (SSSR count). The molecule has 20 heavy (non-hydrogen) atoms. The fraction of sp³-hybridized carbons (Fsp3) is 0.429. The summed E-state index contributed by atoms with van der Waals surface area (Å²) in [5, 5.41) is 3.22. The van der Waals surface area contributed by atoms with E-state index in [0.29, 0.717) is 29.3 Å². The molecule has 0 unspecified atom stereocenters. The standard InChI is InChI=1S/C14H19ClN2O2S/c1-4-14(5-2,12(16)20)13(18)17-11-8-9(19-3)6-7-10(11)15/h6-8H,4-5H2,1-3H3,(H2,16,20)(H,17,18). The molecule has 0 aliphatic heterocycles. The SMILES string of the molecule is CCC(CC)(C(=O)Nc1cc(OC)ccc1Cl)C(N)=S. The molecule has 0 radical (unpaired) electrons. The molecule has 0 heterocycles. The first-order chi connectivity index (χ1) is 9.41. The predicted octanol–water partition coefficient (Wildman–Crippen LogP) is 3.38. The van der Waals surface area contributed by atoms with Gasteiger partial charge >= 0.3 is 0 Å². The van der Waals surface area contributed by atoms with Crippen LogP contribution in [-0.2, 0) is 4.79 Å². The first-order valence-corrected chi connectivity index (χ1v) is 7.14. The number of amides is 1. The van der Waals surface area contributed by atoms with E-state index in [1.54, 1.807) is 25.3 Å². The average molecular weight is 315 g/mol. The Kier molecular flexibility index (Phi) is 5.77. The number of hydrogen-bond acceptors (Lipinski definition) is 3. The molecule has 1 amide bonds. The summed E-state index contributed by atoms with van der Waals surface area (Å²) in [6, 6.07) is 5.05. The minimum absolute atomic E-state index is 0.194. The highest BCUT2D eigenvalue weighted by Crippen LogP contribution is 2.32. The van der Waals surface area contributed by atoms with E-state index >= 15 is 0 Å². The Morgan fingerprint density at radius 3 is 2.50 bits per heavy atom. The average Bonchev–Trinajstić information content (AvgIpc) is 2.43. The zero-order valence-electron chi connectivity index (χ0n) is 11.8. The fourth-order valence-electron chi connectivity index (χ4n) is 2.00. The van der Waals surface area contributed by atoms with Crippen LogP contribution in [0.4, 0.5) is 5.69 Å². The van der Waals surface area contributed by atoms with Gasteiger partial charge in [0.15, 0.2) is 0 Å². The Morgan fingerprint density at radius 1 is 1.45 bits per heavy atom. The highest BCUT2D eigenvalue weighted by molar-refractivity contribution is 7.80. The Labute approximate surface area is 129 Å². The molecule has 3 N–H and O–H groups in total. The van der Waals surface area contributed by atoms with Crippen LogP contribution in [-0.4, -0.2) is 18.0 Å². The van der Waals surface area contributed by atoms with Crippen LogP contribution in [0.3, 0.4) is 0 Å². The zero-order chi connectivity index (χ0) is 15.3. The normalized spacial score (nSPS) is 11.0. The Hall–Kier alpha value is -1.33. The molecule has 0 aromatic heterocycles. The molecular weight excluding hydrogens is 296 g/mol. The van der Waals surface area contributed by atoms with Gasteiger partial charge in [-0.1, -0.05) is 37.7 Å². The molecule has 4 nitrogen and oxygen atoms in total. The van der Waals surface area contributed by atoms with Gasteiger partial charge in [-0.05, 0) is 25.0 Å². The van der Waals surface area contributed by atoms with Crippen molar-refractivity contribution in [3.63, 3.8) is 0 Å². The summed E-state index contributed by atoms with van der Waals surface area (Å²) in [6.45, 7) is 3.77. The van der Waals surface area contributed by atoms with Crippen LogP contribution < -0.4 is 15.8 Å². The maximum absolute atomic E-state index is 12.5. The lowest BCUT2D eigenvalue weighted by Gasteiger charge is -2.29. The molecule has 0 fully saturated rings. The number of anilines is 1. The number of hydrogen-bond donors (Lipinski definition) is 2. The number of benzene rings is 1. The highest BCUT2D eigenvalue weighted by atomic mass is 35.5. The van der Waals surface area contributed by atoms with Gasteiger partial charge in [-0.25, -0.2) is 0 Å². The van der Waals surface area contributed by atoms with Crippen molar-refractivity contribution < 1.29 is 9.53 Å². The third kappa shape index (κ3) is 3.22. The topological polar surface area (TPSA) is 64.3 Å². The summed E-state index contributed by atoms with van der Waals surface area (Å²) < 4.78 is 5.12. The lowest BCUT2D eigenvalue weighted by atomic mass is 9.81. The molecule has 0 aliphatic rings. The van der Waals surface area contributed by atoms with Crippen molar-refractivity contribution in [3.05, 3.63) is 23.2 Å². The van der Waals surface area contributed by atoms with Crippen molar-refractivity contribution in [1.29, 1.82) is 0 Å². The number of nitrogens with two attached hydrogens (primary N) is 1. The Morgan fingerprint density at radius 2 is 2.05 bits per heavy atom. The van der Waals surface area contributed by atoms with Gasteiger partial charge in [0.2, 0.25) is 5.91 Å². The number of thiocarbonyl (C=S) groups is 1. The number of nitrogens with one attached hydrogen (secondary N) is 1. The van der Waals surface area contributed by atoms with Crippen molar-refractivity contribution in [3.8, 4) is 5.75 Å². The zero-order valence-corrected chi connectivity index (χ0v) is 13.4. The van der Waals surface area contributed by atoms with Gasteiger partial charge in [0.25, 0.3) is 0 Å². The number of methoxy groups -OCH3 is 1. The van der Waals surface area contributed by atoms with Gasteiger partial charge in [0.05, 0.1) is 28.2 Å². The van der Waals surface area contributed by atoms with Gasteiger partial charge < -0.3 is 15.8 Å². The van der Waals surface area contributed by atoms with Crippen molar-refractivity contribution in [1.82, 2.24) is 0 Å². The van der Waals surface area contributed by atoms with E-state index in [-0.39, 0.29) is 10.9 Å². The van der Waals surface area contributed by atoms with E-state index in [1.807, 2.05) is 13.8 Å². The summed E-state index contributed by atoms with van der Waals surface area (Å²) >= 11 is 11.1. The van der Waals surface area contributed by atoms with Crippen molar-refractivity contribution in [2.45, 2.75) is 26.7 Å². The summed E-state index contributed by atoms with van der Waals surface area (Å²) in [4.78, 5) is 12.7. The van der Waals surface area contributed by atoms with Crippen molar-refractivity contribution >= 4 is 40.4 Å². The summed E-state index contributed by atoms with van der Waals surface area (Å²) in [6.07, 6.45) is 1.07. The van der Waals surface area contributed by atoms with Crippen LogP contribution >= 0.6 is 23.8 Å². The quantitative estimate of drug-likeness (QED) is 0.790. The van der Waals surface area contributed by atoms with E-state index in [2.05, 4.69) is 5.32 Å². The van der Waals surface area contributed by atoms with E-state index < -0.39 is 5.41 Å². The van der Waals surface area contributed by atoms with Crippen LogP contribution in [0.25, 0.3) is 0 Å². The number of halogens is 1. The molecule has 0 saturated heterocycles. The summed E-state index contributed by atoms with van der Waals surface area (Å²) in [5.41, 5.74) is 5.38. The minimum atomic E-state index is -0.859. The van der Waals surface area contributed by atoms with Gasteiger partial charge in [-0.2, -0.15) is 0 Å². The second-order valence-electron chi connectivity index (χ2n) is 4.45. The number of rotatable bonds is 6. The van der Waals surface area contributed by atoms with E-state index in [4.69, 9.17) is 34.3 Å². The van der Waals surface area contributed by atoms with Crippen molar-refractivity contribution in [2.24, 2.45) is 11.1 Å². The van der Waals surface area contributed by atoms with Crippen LogP contribution in [0.5, 0.6) is 5.75 Å². The molecule has 0 atom stereocenters. The largest absolute Gasteiger partial charge is 0.497 e. The summed E-state index contributed by atoms with van der Waals surface area (Å²) in [7, 11) is 1.55. The highest BCUT2D eigenvalue weighted by Gasteiger charge is 2.38. The Bertz CT molecular complexity index is 516.